The molecule has 0 aliphatic carbocycles. The first kappa shape index (κ1) is 19.5. The Kier molecular flexibility index (Phi) is 5.14. The number of nitrogens with one attached hydrogen (secondary N) is 1. The summed E-state index contributed by atoms with van der Waals surface area (Å²) in [4.78, 5) is 16.6. The molecule has 0 aliphatic heterocycles. The number of rotatable bonds is 5. The van der Waals surface area contributed by atoms with Crippen molar-refractivity contribution in [1.29, 1.82) is 0 Å². The second-order valence-corrected chi connectivity index (χ2v) is 6.77. The molecule has 2 heterocycles. The molecule has 0 saturated carbocycles. The summed E-state index contributed by atoms with van der Waals surface area (Å²) in [6.07, 6.45) is 0. The predicted octanol–water partition coefficient (Wildman–Crippen LogP) is 4.33. The molecule has 0 fully saturated rings. The van der Waals surface area contributed by atoms with E-state index in [0.717, 1.165) is 16.6 Å². The van der Waals surface area contributed by atoms with Gasteiger partial charge in [-0.1, -0.05) is 18.2 Å². The molecular formula is C22H18F2N4O2. The minimum atomic E-state index is -0.532. The molecule has 30 heavy (non-hydrogen) atoms. The quantitative estimate of drug-likeness (QED) is 0.534. The number of hydrogen-bond acceptors (Lipinski definition) is 4. The van der Waals surface area contributed by atoms with E-state index in [1.54, 1.807) is 24.3 Å². The summed E-state index contributed by atoms with van der Waals surface area (Å²) in [6.45, 7) is 3.37. The Hall–Kier alpha value is -3.81. The fourth-order valence-corrected chi connectivity index (χ4v) is 3.22. The topological polar surface area (TPSA) is 69.0 Å². The summed E-state index contributed by atoms with van der Waals surface area (Å²) in [5, 5.41) is 7.75. The average Bonchev–Trinajstić information content (AvgIpc) is 3.05. The Labute approximate surface area is 171 Å². The smallest absolute Gasteiger partial charge is 0.262 e. The normalized spacial score (nSPS) is 10.9. The lowest BCUT2D eigenvalue weighted by molar-refractivity contribution is -0.118. The lowest BCUT2D eigenvalue weighted by Gasteiger charge is -2.09. The summed E-state index contributed by atoms with van der Waals surface area (Å²) in [7, 11) is 0. The van der Waals surface area contributed by atoms with Crippen LogP contribution in [0.15, 0.2) is 54.6 Å². The van der Waals surface area contributed by atoms with Crippen LogP contribution in [0.25, 0.3) is 16.7 Å². The molecule has 152 valence electrons. The third-order valence-corrected chi connectivity index (χ3v) is 4.54. The zero-order valence-corrected chi connectivity index (χ0v) is 16.3. The van der Waals surface area contributed by atoms with Gasteiger partial charge in [-0.25, -0.2) is 13.5 Å². The number of benzene rings is 2. The van der Waals surface area contributed by atoms with Crippen LogP contribution in [0.3, 0.4) is 0 Å². The van der Waals surface area contributed by atoms with Crippen LogP contribution in [0.1, 0.15) is 11.3 Å². The molecular weight excluding hydrogens is 390 g/mol. The first-order chi connectivity index (χ1) is 14.4. The lowest BCUT2D eigenvalue weighted by Crippen LogP contribution is -2.21. The number of hydrogen-bond donors (Lipinski definition) is 1. The van der Waals surface area contributed by atoms with Crippen LogP contribution in [0.2, 0.25) is 0 Å². The van der Waals surface area contributed by atoms with Gasteiger partial charge >= 0.3 is 0 Å². The van der Waals surface area contributed by atoms with Crippen molar-refractivity contribution in [3.63, 3.8) is 0 Å². The maximum atomic E-state index is 13.7. The second kappa shape index (κ2) is 7.90. The molecule has 2 aromatic carbocycles. The van der Waals surface area contributed by atoms with E-state index >= 15 is 0 Å². The van der Waals surface area contributed by atoms with Crippen molar-refractivity contribution < 1.29 is 18.3 Å². The molecule has 2 aromatic heterocycles. The number of nitrogens with zero attached hydrogens (tertiary/aromatic N) is 3. The summed E-state index contributed by atoms with van der Waals surface area (Å²) in [6, 6.07) is 13.6. The van der Waals surface area contributed by atoms with Gasteiger partial charge < -0.3 is 10.1 Å². The van der Waals surface area contributed by atoms with Gasteiger partial charge in [0.05, 0.1) is 17.1 Å². The van der Waals surface area contributed by atoms with Gasteiger partial charge in [0.25, 0.3) is 5.91 Å². The Morgan fingerprint density at radius 1 is 1.10 bits per heavy atom. The number of ether oxygens (including phenoxy) is 1. The Morgan fingerprint density at radius 3 is 2.67 bits per heavy atom. The molecule has 4 rings (SSSR count). The van der Waals surface area contributed by atoms with Gasteiger partial charge in [-0.3, -0.25) is 4.79 Å². The van der Waals surface area contributed by atoms with Gasteiger partial charge in [0.1, 0.15) is 11.6 Å². The average molecular weight is 408 g/mol. The number of halogens is 2. The summed E-state index contributed by atoms with van der Waals surface area (Å²) in [5.41, 5.74) is 2.68. The van der Waals surface area contributed by atoms with Crippen LogP contribution in [0, 0.1) is 25.5 Å². The van der Waals surface area contributed by atoms with Gasteiger partial charge in [0.2, 0.25) is 5.88 Å². The third-order valence-electron chi connectivity index (χ3n) is 4.54. The molecule has 0 bridgehead atoms. The van der Waals surface area contributed by atoms with Crippen LogP contribution >= 0.6 is 0 Å². The van der Waals surface area contributed by atoms with Crippen LogP contribution < -0.4 is 10.1 Å². The lowest BCUT2D eigenvalue weighted by atomic mass is 10.2. The van der Waals surface area contributed by atoms with E-state index in [1.165, 1.54) is 35.0 Å². The predicted molar refractivity (Wildman–Crippen MR) is 109 cm³/mol. The van der Waals surface area contributed by atoms with E-state index in [4.69, 9.17) is 4.74 Å². The number of carbonyl (C=O) groups excluding carboxylic acids is 1. The van der Waals surface area contributed by atoms with E-state index in [9.17, 15) is 13.6 Å². The summed E-state index contributed by atoms with van der Waals surface area (Å²) in [5.74, 6) is -1.23. The minimum absolute atomic E-state index is 0.0745. The van der Waals surface area contributed by atoms with E-state index in [0.29, 0.717) is 11.3 Å². The maximum absolute atomic E-state index is 13.7. The fourth-order valence-electron chi connectivity index (χ4n) is 3.22. The maximum Gasteiger partial charge on any atom is 0.262 e. The number of aryl methyl sites for hydroxylation is 2. The van der Waals surface area contributed by atoms with E-state index in [1.807, 2.05) is 13.8 Å². The number of amides is 1. The number of anilines is 1. The first-order valence-corrected chi connectivity index (χ1v) is 9.22. The molecule has 0 spiro atoms. The van der Waals surface area contributed by atoms with Crippen LogP contribution in [0.5, 0.6) is 5.88 Å². The Balaban J connectivity index is 1.60. The van der Waals surface area contributed by atoms with Gasteiger partial charge in [0.15, 0.2) is 12.3 Å². The zero-order valence-electron chi connectivity index (χ0n) is 16.3. The Morgan fingerprint density at radius 2 is 1.90 bits per heavy atom. The highest BCUT2D eigenvalue weighted by atomic mass is 19.1. The summed E-state index contributed by atoms with van der Waals surface area (Å²) >= 11 is 0. The molecule has 0 unspecified atom stereocenters. The SMILES string of the molecule is Cc1cc(OCC(=O)Nc2ccccc2F)nc2c1c(C)nn2-c1cccc(F)c1. The molecule has 0 atom stereocenters. The molecule has 4 aromatic rings. The van der Waals surface area contributed by atoms with Gasteiger partial charge in [-0.15, -0.1) is 0 Å². The number of fused-ring (bicyclic) bond motifs is 1. The molecule has 1 N–H and O–H groups in total. The van der Waals surface area contributed by atoms with E-state index in [-0.39, 0.29) is 24.0 Å². The van der Waals surface area contributed by atoms with Gasteiger partial charge in [-0.2, -0.15) is 10.1 Å². The van der Waals surface area contributed by atoms with Crippen molar-refractivity contribution in [3.05, 3.63) is 77.5 Å². The van der Waals surface area contributed by atoms with Gasteiger partial charge in [0, 0.05) is 11.5 Å². The van der Waals surface area contributed by atoms with Crippen molar-refractivity contribution in [2.24, 2.45) is 0 Å². The summed E-state index contributed by atoms with van der Waals surface area (Å²) < 4.78 is 34.4. The van der Waals surface area contributed by atoms with Crippen molar-refractivity contribution in [1.82, 2.24) is 14.8 Å². The van der Waals surface area contributed by atoms with Crippen molar-refractivity contribution in [2.45, 2.75) is 13.8 Å². The van der Waals surface area contributed by atoms with Crippen LogP contribution in [-0.2, 0) is 4.79 Å². The standard InChI is InChI=1S/C22H18F2N4O2/c1-13-10-20(30-12-19(29)25-18-9-4-3-8-17(18)24)26-22-21(13)14(2)27-28(22)16-7-5-6-15(23)11-16/h3-11H,12H2,1-2H3,(H,25,29). The molecule has 8 heteroatoms. The monoisotopic (exact) mass is 408 g/mol. The number of pyridine rings is 1. The highest BCUT2D eigenvalue weighted by Crippen LogP contribution is 2.27. The zero-order chi connectivity index (χ0) is 21.3. The minimum Gasteiger partial charge on any atom is -0.467 e. The molecule has 0 aliphatic rings. The van der Waals surface area contributed by atoms with Crippen LogP contribution in [-0.4, -0.2) is 27.3 Å². The van der Waals surface area contributed by atoms with E-state index < -0.39 is 11.7 Å². The van der Waals surface area contributed by atoms with Crippen molar-refractivity contribution in [2.75, 3.05) is 11.9 Å². The first-order valence-electron chi connectivity index (χ1n) is 9.22. The molecule has 1 amide bonds. The number of para-hydroxylation sites is 1. The number of aromatic nitrogens is 3. The van der Waals surface area contributed by atoms with Gasteiger partial charge in [-0.05, 0) is 49.7 Å². The molecule has 0 saturated heterocycles. The third kappa shape index (κ3) is 3.84. The Bertz CT molecular complexity index is 1250. The van der Waals surface area contributed by atoms with Crippen molar-refractivity contribution in [3.8, 4) is 11.6 Å². The second-order valence-electron chi connectivity index (χ2n) is 6.77. The number of carbonyl (C=O) groups is 1. The highest BCUT2D eigenvalue weighted by Gasteiger charge is 2.16. The van der Waals surface area contributed by atoms with Crippen LogP contribution in [0.4, 0.5) is 14.5 Å². The largest absolute Gasteiger partial charge is 0.467 e. The molecule has 6 nitrogen and oxygen atoms in total. The highest BCUT2D eigenvalue weighted by molar-refractivity contribution is 5.92. The fraction of sp³-hybridized carbons (Fsp3) is 0.136. The van der Waals surface area contributed by atoms with E-state index in [2.05, 4.69) is 15.4 Å². The van der Waals surface area contributed by atoms with Crippen molar-refractivity contribution >= 4 is 22.6 Å². The molecule has 0 radical (unpaired) electrons.